The number of methoxy groups -OCH3 is 1. The van der Waals surface area contributed by atoms with Crippen LogP contribution in [-0.4, -0.2) is 56.8 Å². The number of nitrogens with one attached hydrogen (secondary N) is 1. The average molecular weight is 483 g/mol. The van der Waals surface area contributed by atoms with Gasteiger partial charge in [0, 0.05) is 18.7 Å². The van der Waals surface area contributed by atoms with Crippen LogP contribution in [0, 0.1) is 5.82 Å². The molecule has 0 aliphatic carbocycles. The van der Waals surface area contributed by atoms with E-state index in [4.69, 9.17) is 4.74 Å². The third kappa shape index (κ3) is 4.57. The van der Waals surface area contributed by atoms with Crippen LogP contribution in [0.15, 0.2) is 53.1 Å². The van der Waals surface area contributed by atoms with Gasteiger partial charge in [0.05, 0.1) is 24.8 Å². The molecule has 0 bridgehead atoms. The van der Waals surface area contributed by atoms with Crippen LogP contribution >= 0.6 is 0 Å². The Morgan fingerprint density at radius 2 is 2.03 bits per heavy atom. The van der Waals surface area contributed by atoms with Crippen molar-refractivity contribution in [2.75, 3.05) is 11.8 Å². The number of phenolic OH excluding ortho intramolecular Hbond substituents is 1. The molecule has 34 heavy (non-hydrogen) atoms. The number of allylic oxidation sites excluding steroid dienone is 1. The van der Waals surface area contributed by atoms with Gasteiger partial charge in [0.2, 0.25) is 16.0 Å². The minimum absolute atomic E-state index is 0.0838. The Labute approximate surface area is 193 Å². The summed E-state index contributed by atoms with van der Waals surface area (Å²) in [5, 5.41) is 17.6. The van der Waals surface area contributed by atoms with Gasteiger partial charge in [-0.3, -0.25) is 9.29 Å². The van der Waals surface area contributed by atoms with Crippen LogP contribution in [0.5, 0.6) is 11.5 Å². The lowest BCUT2D eigenvalue weighted by Gasteiger charge is -2.17. The lowest BCUT2D eigenvalue weighted by Crippen LogP contribution is -2.29. The maximum Gasteiger partial charge on any atom is 0.243 e. The van der Waals surface area contributed by atoms with Crippen LogP contribution in [0.1, 0.15) is 18.6 Å². The molecule has 2 N–H and O–H groups in total. The summed E-state index contributed by atoms with van der Waals surface area (Å²) < 4.78 is 48.3. The molecule has 0 saturated heterocycles. The summed E-state index contributed by atoms with van der Waals surface area (Å²) in [6.45, 7) is 1.44. The first-order valence-electron chi connectivity index (χ1n) is 9.84. The standard InChI is InChI=1S/C21H18FN7O4S/c1-13(10-18-24-11-14(22)12-25-18)34(31,32)28-21-27-26-20(15-6-3-4-9-23-15)29(21)19-16(30)7-5-8-17(19)33-2/h4-5,7-9,11-13,30H,10H2,1-2H3,(H,27,28)/t13-/m0/s1. The van der Waals surface area contributed by atoms with Crippen LogP contribution in [0.2, 0.25) is 0 Å². The summed E-state index contributed by atoms with van der Waals surface area (Å²) in [6, 6.07) is 4.56. The van der Waals surface area contributed by atoms with Gasteiger partial charge < -0.3 is 9.84 Å². The SMILES string of the molecule is COc1cccc(O)c1-n1c(NS(=O)(=O)[C@@H](C)Cc2ncc(F)cn2)nnc1C1=C=C=CC=N1. The first-order chi connectivity index (χ1) is 16.3. The van der Waals surface area contributed by atoms with Crippen LogP contribution < -0.4 is 9.46 Å². The first kappa shape index (κ1) is 22.9. The maximum atomic E-state index is 13.1. The second-order valence-electron chi connectivity index (χ2n) is 7.05. The quantitative estimate of drug-likeness (QED) is 0.463. The molecule has 11 nitrogen and oxygen atoms in total. The van der Waals surface area contributed by atoms with E-state index in [0.717, 1.165) is 12.4 Å². The number of hydrogen-bond donors (Lipinski definition) is 2. The van der Waals surface area contributed by atoms with Crippen molar-refractivity contribution in [1.29, 1.82) is 0 Å². The van der Waals surface area contributed by atoms with E-state index < -0.39 is 21.1 Å². The molecule has 1 aliphatic rings. The number of aromatic hydroxyl groups is 1. The molecule has 0 amide bonds. The molecule has 2 aromatic heterocycles. The predicted octanol–water partition coefficient (Wildman–Crippen LogP) is 2.02. The van der Waals surface area contributed by atoms with E-state index in [9.17, 15) is 17.9 Å². The molecule has 1 aromatic carbocycles. The number of anilines is 1. The molecule has 4 rings (SSSR count). The summed E-state index contributed by atoms with van der Waals surface area (Å²) in [5.74, 6) is -0.590. The Morgan fingerprint density at radius 1 is 1.26 bits per heavy atom. The number of sulfonamides is 1. The maximum absolute atomic E-state index is 13.1. The Hall–Kier alpha value is -4.31. The van der Waals surface area contributed by atoms with E-state index in [0.29, 0.717) is 0 Å². The summed E-state index contributed by atoms with van der Waals surface area (Å²) in [5.41, 5.74) is 5.83. The molecule has 1 aliphatic heterocycles. The van der Waals surface area contributed by atoms with Crippen molar-refractivity contribution in [3.05, 3.63) is 65.6 Å². The van der Waals surface area contributed by atoms with Crippen LogP contribution in [0.25, 0.3) is 11.4 Å². The highest BCUT2D eigenvalue weighted by Crippen LogP contribution is 2.36. The van der Waals surface area contributed by atoms with Crippen molar-refractivity contribution >= 4 is 27.9 Å². The van der Waals surface area contributed by atoms with Crippen molar-refractivity contribution in [1.82, 2.24) is 24.7 Å². The molecule has 0 fully saturated rings. The lowest BCUT2D eigenvalue weighted by molar-refractivity contribution is 0.404. The van der Waals surface area contributed by atoms with Crippen molar-refractivity contribution in [2.45, 2.75) is 18.6 Å². The fourth-order valence-corrected chi connectivity index (χ4v) is 4.02. The van der Waals surface area contributed by atoms with Gasteiger partial charge in [-0.25, -0.2) is 27.8 Å². The molecule has 3 heterocycles. The fourth-order valence-electron chi connectivity index (χ4n) is 3.06. The van der Waals surface area contributed by atoms with Gasteiger partial charge in [-0.15, -0.1) is 10.2 Å². The minimum atomic E-state index is -4.06. The molecule has 0 radical (unpaired) electrons. The van der Waals surface area contributed by atoms with E-state index in [1.54, 1.807) is 12.1 Å². The Bertz CT molecular complexity index is 1470. The molecular weight excluding hydrogens is 465 g/mol. The van der Waals surface area contributed by atoms with E-state index in [1.165, 1.54) is 37.0 Å². The number of para-hydroxylation sites is 1. The highest BCUT2D eigenvalue weighted by Gasteiger charge is 2.29. The highest BCUT2D eigenvalue weighted by molar-refractivity contribution is 7.93. The van der Waals surface area contributed by atoms with E-state index in [-0.39, 0.29) is 46.9 Å². The second kappa shape index (κ2) is 9.28. The first-order valence-corrected chi connectivity index (χ1v) is 11.4. The van der Waals surface area contributed by atoms with Crippen molar-refractivity contribution in [2.24, 2.45) is 4.99 Å². The van der Waals surface area contributed by atoms with Crippen molar-refractivity contribution in [3.63, 3.8) is 0 Å². The molecule has 0 saturated carbocycles. The van der Waals surface area contributed by atoms with E-state index in [2.05, 4.69) is 41.3 Å². The van der Waals surface area contributed by atoms with Crippen molar-refractivity contribution < 1.29 is 22.7 Å². The van der Waals surface area contributed by atoms with Crippen LogP contribution in [0.3, 0.4) is 0 Å². The number of phenols is 1. The predicted molar refractivity (Wildman–Crippen MR) is 121 cm³/mol. The van der Waals surface area contributed by atoms with E-state index >= 15 is 0 Å². The number of hydrogen-bond acceptors (Lipinski definition) is 9. The summed E-state index contributed by atoms with van der Waals surface area (Å²) in [6.07, 6.45) is 4.83. The van der Waals surface area contributed by atoms with Crippen molar-refractivity contribution in [3.8, 4) is 17.2 Å². The molecule has 1 atom stereocenters. The number of rotatable bonds is 8. The van der Waals surface area contributed by atoms with Gasteiger partial charge in [0.25, 0.3) is 0 Å². The van der Waals surface area contributed by atoms with Crippen LogP contribution in [0.4, 0.5) is 10.3 Å². The Kier molecular flexibility index (Phi) is 6.24. The minimum Gasteiger partial charge on any atom is -0.506 e. The molecule has 0 spiro atoms. The second-order valence-corrected chi connectivity index (χ2v) is 9.15. The number of aliphatic imine (C=N–C) groups is 1. The smallest absolute Gasteiger partial charge is 0.243 e. The summed E-state index contributed by atoms with van der Waals surface area (Å²) >= 11 is 0. The fraction of sp³-hybridized carbons (Fsp3) is 0.190. The lowest BCUT2D eigenvalue weighted by atomic mass is 10.2. The van der Waals surface area contributed by atoms with Gasteiger partial charge in [-0.2, -0.15) is 0 Å². The Morgan fingerprint density at radius 3 is 2.71 bits per heavy atom. The monoisotopic (exact) mass is 483 g/mol. The van der Waals surface area contributed by atoms with E-state index in [1.807, 2.05) is 0 Å². The largest absolute Gasteiger partial charge is 0.506 e. The third-order valence-electron chi connectivity index (χ3n) is 4.76. The summed E-state index contributed by atoms with van der Waals surface area (Å²) in [7, 11) is -2.66. The van der Waals surface area contributed by atoms with Gasteiger partial charge in [-0.05, 0) is 24.8 Å². The molecule has 3 aromatic rings. The van der Waals surface area contributed by atoms with Gasteiger partial charge in [-0.1, -0.05) is 11.8 Å². The zero-order valence-electron chi connectivity index (χ0n) is 18.0. The Balaban J connectivity index is 1.78. The molecule has 174 valence electrons. The zero-order chi connectivity index (χ0) is 24.3. The highest BCUT2D eigenvalue weighted by atomic mass is 32.2. The molecular formula is C21H18FN7O4S. The van der Waals surface area contributed by atoms with Crippen LogP contribution in [-0.2, 0) is 16.4 Å². The number of benzene rings is 1. The average Bonchev–Trinajstić information content (AvgIpc) is 3.23. The van der Waals surface area contributed by atoms with Gasteiger partial charge in [0.15, 0.2) is 17.3 Å². The summed E-state index contributed by atoms with van der Waals surface area (Å²) in [4.78, 5) is 11.8. The number of aromatic nitrogens is 5. The zero-order valence-corrected chi connectivity index (χ0v) is 18.8. The topological polar surface area (TPSA) is 144 Å². The molecule has 13 heteroatoms. The normalized spacial score (nSPS) is 13.6. The number of nitrogens with zero attached hydrogens (tertiary/aromatic N) is 6. The third-order valence-corrected chi connectivity index (χ3v) is 6.45. The van der Waals surface area contributed by atoms with Gasteiger partial charge in [0.1, 0.15) is 23.0 Å². The van der Waals surface area contributed by atoms with Gasteiger partial charge >= 0.3 is 0 Å². The number of halogens is 1. The molecule has 0 unspecified atom stereocenters. The number of ether oxygens (including phenoxy) is 1.